The van der Waals surface area contributed by atoms with Crippen molar-refractivity contribution in [3.05, 3.63) is 24.3 Å². The molecule has 142 valence electrons. The molecule has 9 nitrogen and oxygen atoms in total. The van der Waals surface area contributed by atoms with Gasteiger partial charge in [0, 0.05) is 13.1 Å². The largest absolute Gasteiger partial charge is 0.497 e. The predicted molar refractivity (Wildman–Crippen MR) is 92.1 cm³/mol. The van der Waals surface area contributed by atoms with Crippen molar-refractivity contribution in [3.8, 4) is 5.75 Å². The first-order valence-electron chi connectivity index (χ1n) is 7.80. The van der Waals surface area contributed by atoms with E-state index >= 15 is 0 Å². The molecule has 0 bridgehead atoms. The molecule has 1 atom stereocenters. The van der Waals surface area contributed by atoms with Gasteiger partial charge in [-0.15, -0.1) is 0 Å². The number of nitrogens with one attached hydrogen (secondary N) is 1. The van der Waals surface area contributed by atoms with Crippen LogP contribution >= 0.6 is 0 Å². The molecule has 0 fully saturated rings. The van der Waals surface area contributed by atoms with Crippen molar-refractivity contribution in [1.29, 1.82) is 0 Å². The van der Waals surface area contributed by atoms with Crippen LogP contribution in [0.2, 0.25) is 0 Å². The lowest BCUT2D eigenvalue weighted by Gasteiger charge is -2.22. The fraction of sp³-hybridized carbons (Fsp3) is 0.533. The molecule has 0 aliphatic heterocycles. The topological polar surface area (TPSA) is 142 Å². The maximum absolute atomic E-state index is 12.2. The summed E-state index contributed by atoms with van der Waals surface area (Å²) in [5.74, 6) is 0.522. The van der Waals surface area contributed by atoms with Crippen molar-refractivity contribution in [1.82, 2.24) is 9.62 Å². The van der Waals surface area contributed by atoms with E-state index in [1.54, 1.807) is 0 Å². The van der Waals surface area contributed by atoms with Gasteiger partial charge < -0.3 is 25.6 Å². The summed E-state index contributed by atoms with van der Waals surface area (Å²) in [4.78, 5) is 12.2. The van der Waals surface area contributed by atoms with E-state index in [1.165, 1.54) is 31.4 Å². The number of amides is 1. The Hall–Kier alpha value is -1.88. The molecule has 25 heavy (non-hydrogen) atoms. The Morgan fingerprint density at radius 1 is 1.32 bits per heavy atom. The average Bonchev–Trinajstić information content (AvgIpc) is 2.59. The second kappa shape index (κ2) is 10.2. The van der Waals surface area contributed by atoms with E-state index in [-0.39, 0.29) is 24.5 Å². The lowest BCUT2D eigenvalue weighted by molar-refractivity contribution is 0.0979. The summed E-state index contributed by atoms with van der Waals surface area (Å²) in [6.07, 6.45) is -1.09. The van der Waals surface area contributed by atoms with Crippen molar-refractivity contribution in [2.45, 2.75) is 23.8 Å². The van der Waals surface area contributed by atoms with Gasteiger partial charge in [-0.1, -0.05) is 0 Å². The minimum Gasteiger partial charge on any atom is -0.497 e. The Labute approximate surface area is 147 Å². The Kier molecular flexibility index (Phi) is 8.62. The molecule has 0 aliphatic rings. The van der Waals surface area contributed by atoms with Crippen LogP contribution in [0.15, 0.2) is 29.2 Å². The zero-order valence-electron chi connectivity index (χ0n) is 14.1. The van der Waals surface area contributed by atoms with E-state index in [9.17, 15) is 18.3 Å². The number of nitrogens with zero attached hydrogens (tertiary/aromatic N) is 1. The molecular weight excluding hydrogens is 350 g/mol. The Morgan fingerprint density at radius 3 is 2.48 bits per heavy atom. The van der Waals surface area contributed by atoms with Gasteiger partial charge in [0.05, 0.1) is 24.7 Å². The fourth-order valence-electron chi connectivity index (χ4n) is 2.08. The van der Waals surface area contributed by atoms with Gasteiger partial charge in [-0.25, -0.2) is 17.9 Å². The minimum atomic E-state index is -3.81. The van der Waals surface area contributed by atoms with Crippen molar-refractivity contribution >= 4 is 16.1 Å². The highest BCUT2D eigenvalue weighted by molar-refractivity contribution is 7.89. The summed E-state index contributed by atoms with van der Waals surface area (Å²) >= 11 is 0. The zero-order chi connectivity index (χ0) is 18.9. The van der Waals surface area contributed by atoms with E-state index in [0.29, 0.717) is 25.1 Å². The van der Waals surface area contributed by atoms with Gasteiger partial charge in [0.2, 0.25) is 10.0 Å². The van der Waals surface area contributed by atoms with Crippen LogP contribution in [-0.4, -0.2) is 69.0 Å². The van der Waals surface area contributed by atoms with Crippen LogP contribution in [-0.2, 0) is 10.0 Å². The molecule has 0 aromatic heterocycles. The van der Waals surface area contributed by atoms with Gasteiger partial charge in [0.1, 0.15) is 5.75 Å². The highest BCUT2D eigenvalue weighted by Crippen LogP contribution is 2.15. The third-order valence-electron chi connectivity index (χ3n) is 3.46. The molecule has 5 N–H and O–H groups in total. The highest BCUT2D eigenvalue weighted by atomic mass is 32.2. The first kappa shape index (κ1) is 21.2. The maximum atomic E-state index is 12.2. The molecule has 1 rings (SSSR count). The molecule has 0 spiro atoms. The lowest BCUT2D eigenvalue weighted by atomic mass is 10.2. The number of carbonyl (C=O) groups is 1. The molecule has 1 amide bonds. The monoisotopic (exact) mass is 375 g/mol. The van der Waals surface area contributed by atoms with Gasteiger partial charge in [-0.2, -0.15) is 0 Å². The molecule has 0 heterocycles. The molecule has 0 saturated heterocycles. The maximum Gasteiger partial charge on any atom is 0.407 e. The Bertz CT molecular complexity index is 635. The first-order valence-corrected chi connectivity index (χ1v) is 9.28. The first-order chi connectivity index (χ1) is 11.8. The number of unbranched alkanes of at least 4 members (excludes halogenated alkanes) is 1. The number of methoxy groups -OCH3 is 1. The number of sulfonamides is 1. The number of rotatable bonds is 11. The number of hydrogen-bond donors (Lipinski definition) is 4. The number of nitrogens with two attached hydrogens (primary N) is 1. The number of benzene rings is 1. The molecule has 1 aromatic carbocycles. The van der Waals surface area contributed by atoms with Crippen molar-refractivity contribution < 1.29 is 28.2 Å². The summed E-state index contributed by atoms with van der Waals surface area (Å²) in [5.41, 5.74) is 5.36. The van der Waals surface area contributed by atoms with Crippen LogP contribution in [0.4, 0.5) is 4.79 Å². The zero-order valence-corrected chi connectivity index (χ0v) is 14.9. The quantitative estimate of drug-likeness (QED) is 0.400. The number of aliphatic hydroxyl groups excluding tert-OH is 1. The van der Waals surface area contributed by atoms with Crippen LogP contribution in [0.1, 0.15) is 12.8 Å². The van der Waals surface area contributed by atoms with Crippen LogP contribution < -0.4 is 15.2 Å². The second-order valence-corrected chi connectivity index (χ2v) is 7.17. The summed E-state index contributed by atoms with van der Waals surface area (Å²) in [7, 11) is -2.33. The molecule has 0 saturated carbocycles. The van der Waals surface area contributed by atoms with Gasteiger partial charge in [0.25, 0.3) is 0 Å². The van der Waals surface area contributed by atoms with E-state index < -0.39 is 22.2 Å². The smallest absolute Gasteiger partial charge is 0.407 e. The second-order valence-electron chi connectivity index (χ2n) is 5.41. The van der Waals surface area contributed by atoms with Crippen LogP contribution in [0, 0.1) is 0 Å². The van der Waals surface area contributed by atoms with Gasteiger partial charge in [0.15, 0.2) is 0 Å². The normalized spacial score (nSPS) is 12.6. The van der Waals surface area contributed by atoms with E-state index in [4.69, 9.17) is 15.6 Å². The van der Waals surface area contributed by atoms with Gasteiger partial charge in [-0.3, -0.25) is 0 Å². The number of ether oxygens (including phenoxy) is 1. The molecule has 0 radical (unpaired) electrons. The van der Waals surface area contributed by atoms with Crippen molar-refractivity contribution in [2.75, 3.05) is 33.3 Å². The SMILES string of the molecule is COc1ccc(S(=O)(=O)NCC(O)CN(CCCCN)C(=O)O)cc1. The third-order valence-corrected chi connectivity index (χ3v) is 4.90. The minimum absolute atomic E-state index is 0.0264. The van der Waals surface area contributed by atoms with Crippen LogP contribution in [0.5, 0.6) is 5.75 Å². The summed E-state index contributed by atoms with van der Waals surface area (Å²) in [5, 5.41) is 19.1. The molecule has 0 aliphatic carbocycles. The Morgan fingerprint density at radius 2 is 1.96 bits per heavy atom. The van der Waals surface area contributed by atoms with Gasteiger partial charge >= 0.3 is 6.09 Å². The number of carboxylic acid groups (broad SMARTS) is 1. The van der Waals surface area contributed by atoms with E-state index in [0.717, 1.165) is 4.90 Å². The fourth-order valence-corrected chi connectivity index (χ4v) is 3.15. The van der Waals surface area contributed by atoms with Crippen molar-refractivity contribution in [3.63, 3.8) is 0 Å². The summed E-state index contributed by atoms with van der Waals surface area (Å²) in [6, 6.07) is 5.77. The predicted octanol–water partition coefficient (Wildman–Crippen LogP) is 0.0533. The summed E-state index contributed by atoms with van der Waals surface area (Å²) in [6.45, 7) is 0.201. The number of hydrogen-bond acceptors (Lipinski definition) is 6. The highest BCUT2D eigenvalue weighted by Gasteiger charge is 2.19. The van der Waals surface area contributed by atoms with Crippen LogP contribution in [0.25, 0.3) is 0 Å². The molecule has 1 unspecified atom stereocenters. The van der Waals surface area contributed by atoms with Gasteiger partial charge in [-0.05, 0) is 43.7 Å². The average molecular weight is 375 g/mol. The van der Waals surface area contributed by atoms with E-state index in [1.807, 2.05) is 0 Å². The molecular formula is C15H25N3O6S. The van der Waals surface area contributed by atoms with E-state index in [2.05, 4.69) is 4.72 Å². The third kappa shape index (κ3) is 7.26. The Balaban J connectivity index is 2.57. The summed E-state index contributed by atoms with van der Waals surface area (Å²) < 4.78 is 31.5. The lowest BCUT2D eigenvalue weighted by Crippen LogP contribution is -2.42. The van der Waals surface area contributed by atoms with Crippen molar-refractivity contribution in [2.24, 2.45) is 5.73 Å². The number of aliphatic hydroxyl groups is 1. The van der Waals surface area contributed by atoms with Crippen LogP contribution in [0.3, 0.4) is 0 Å². The molecule has 1 aromatic rings. The molecule has 10 heteroatoms. The standard InChI is InChI=1S/C15H25N3O6S/c1-24-13-4-6-14(7-5-13)25(22,23)17-10-12(19)11-18(15(20)21)9-3-2-8-16/h4-7,12,17,19H,2-3,8-11,16H2,1H3,(H,20,21).